The second-order valence-corrected chi connectivity index (χ2v) is 10.8. The number of rotatable bonds is 7. The van der Waals surface area contributed by atoms with Crippen LogP contribution in [0.3, 0.4) is 0 Å². The van der Waals surface area contributed by atoms with E-state index in [0.717, 1.165) is 55.2 Å². The minimum Gasteiger partial charge on any atom is -0.358 e. The second kappa shape index (κ2) is 12.8. The van der Waals surface area contributed by atoms with Crippen LogP contribution in [0.2, 0.25) is 0 Å². The number of fused-ring (bicyclic) bond motifs is 2. The first kappa shape index (κ1) is 27.4. The molecule has 0 radical (unpaired) electrons. The minimum atomic E-state index is 0.560. The van der Waals surface area contributed by atoms with Crippen LogP contribution in [0.4, 0.5) is 11.4 Å². The molecule has 6 aromatic carbocycles. The standard InChI is InChI=1S/C36H30N4S2/c41-35(37-23-25-11-3-1-4-12-25)39-31-21-19-27-15-7-9-17-29(27)33(31)34-30-18-10-8-16-28(30)20-22-32(34)40-36(42)38-24-26-13-5-2-6-14-26/h1-22H,23-24H2,(H2,37,39,41)(H2,38,40,42). The van der Waals surface area contributed by atoms with Gasteiger partial charge in [-0.1, -0.05) is 121 Å². The van der Waals surface area contributed by atoms with Crippen LogP contribution in [-0.2, 0) is 13.1 Å². The smallest absolute Gasteiger partial charge is 0.171 e. The number of hydrogen-bond acceptors (Lipinski definition) is 2. The fourth-order valence-corrected chi connectivity index (χ4v) is 5.54. The third-order valence-electron chi connectivity index (χ3n) is 7.20. The summed E-state index contributed by atoms with van der Waals surface area (Å²) >= 11 is 11.6. The molecule has 0 saturated carbocycles. The van der Waals surface area contributed by atoms with Crippen LogP contribution in [0.15, 0.2) is 133 Å². The van der Waals surface area contributed by atoms with Gasteiger partial charge in [0.05, 0.1) is 0 Å². The summed E-state index contributed by atoms with van der Waals surface area (Å²) in [4.78, 5) is 0. The van der Waals surface area contributed by atoms with Gasteiger partial charge in [0.2, 0.25) is 0 Å². The maximum Gasteiger partial charge on any atom is 0.171 e. The van der Waals surface area contributed by atoms with E-state index in [0.29, 0.717) is 23.3 Å². The number of thiocarbonyl (C=S) groups is 2. The summed E-state index contributed by atoms with van der Waals surface area (Å²) < 4.78 is 0. The van der Waals surface area contributed by atoms with E-state index < -0.39 is 0 Å². The highest BCUT2D eigenvalue weighted by atomic mass is 32.1. The lowest BCUT2D eigenvalue weighted by Gasteiger charge is -2.21. The molecule has 4 nitrogen and oxygen atoms in total. The zero-order valence-corrected chi connectivity index (χ0v) is 24.6. The summed E-state index contributed by atoms with van der Waals surface area (Å²) in [5, 5.41) is 19.4. The molecule has 0 bridgehead atoms. The van der Waals surface area contributed by atoms with Crippen molar-refractivity contribution in [2.75, 3.05) is 10.6 Å². The largest absolute Gasteiger partial charge is 0.358 e. The first-order valence-corrected chi connectivity index (χ1v) is 14.7. The molecule has 42 heavy (non-hydrogen) atoms. The van der Waals surface area contributed by atoms with Gasteiger partial charge in [-0.3, -0.25) is 0 Å². The Morgan fingerprint density at radius 1 is 0.429 bits per heavy atom. The van der Waals surface area contributed by atoms with Crippen molar-refractivity contribution in [1.29, 1.82) is 0 Å². The Balaban J connectivity index is 1.40. The lowest BCUT2D eigenvalue weighted by Crippen LogP contribution is -2.28. The van der Waals surface area contributed by atoms with E-state index in [1.165, 1.54) is 0 Å². The summed E-state index contributed by atoms with van der Waals surface area (Å²) in [5.74, 6) is 0. The van der Waals surface area contributed by atoms with Crippen LogP contribution in [0.1, 0.15) is 11.1 Å². The molecule has 6 rings (SSSR count). The van der Waals surface area contributed by atoms with Crippen LogP contribution in [-0.4, -0.2) is 10.2 Å². The highest BCUT2D eigenvalue weighted by molar-refractivity contribution is 7.80. The van der Waals surface area contributed by atoms with Gasteiger partial charge < -0.3 is 21.3 Å². The Bertz CT molecular complexity index is 1730. The number of anilines is 2. The van der Waals surface area contributed by atoms with Gasteiger partial charge in [-0.2, -0.15) is 0 Å². The van der Waals surface area contributed by atoms with Crippen LogP contribution in [0.25, 0.3) is 32.7 Å². The maximum absolute atomic E-state index is 5.78. The van der Waals surface area contributed by atoms with Gasteiger partial charge in [0.1, 0.15) is 0 Å². The van der Waals surface area contributed by atoms with Crippen molar-refractivity contribution < 1.29 is 0 Å². The summed E-state index contributed by atoms with van der Waals surface area (Å²) in [6.07, 6.45) is 0. The average molecular weight is 583 g/mol. The van der Waals surface area contributed by atoms with Gasteiger partial charge in [0.25, 0.3) is 0 Å². The first-order valence-electron chi connectivity index (χ1n) is 13.9. The van der Waals surface area contributed by atoms with Crippen LogP contribution in [0.5, 0.6) is 0 Å². The van der Waals surface area contributed by atoms with E-state index in [1.54, 1.807) is 0 Å². The molecular formula is C36H30N4S2. The monoisotopic (exact) mass is 582 g/mol. The molecule has 0 unspecified atom stereocenters. The molecule has 0 aliphatic heterocycles. The zero-order chi connectivity index (χ0) is 28.7. The lowest BCUT2D eigenvalue weighted by molar-refractivity contribution is 0.926. The molecule has 0 spiro atoms. The van der Waals surface area contributed by atoms with Crippen molar-refractivity contribution in [2.45, 2.75) is 13.1 Å². The van der Waals surface area contributed by atoms with Gasteiger partial charge in [0, 0.05) is 35.6 Å². The molecule has 206 valence electrons. The van der Waals surface area contributed by atoms with Crippen LogP contribution >= 0.6 is 24.4 Å². The fraction of sp³-hybridized carbons (Fsp3) is 0.0556. The molecule has 6 heteroatoms. The van der Waals surface area contributed by atoms with Crippen molar-refractivity contribution >= 4 is 67.6 Å². The Morgan fingerprint density at radius 3 is 1.24 bits per heavy atom. The number of hydrogen-bond donors (Lipinski definition) is 4. The predicted molar refractivity (Wildman–Crippen MR) is 186 cm³/mol. The first-order chi connectivity index (χ1) is 20.7. The van der Waals surface area contributed by atoms with Crippen molar-refractivity contribution in [1.82, 2.24) is 10.6 Å². The van der Waals surface area contributed by atoms with Crippen LogP contribution < -0.4 is 21.3 Å². The molecule has 0 aliphatic rings. The quantitative estimate of drug-likeness (QED) is 0.141. The molecule has 0 aliphatic carbocycles. The van der Waals surface area contributed by atoms with E-state index in [2.05, 4.69) is 118 Å². The Hall–Kier alpha value is -4.78. The van der Waals surface area contributed by atoms with E-state index in [4.69, 9.17) is 24.4 Å². The Kier molecular flexibility index (Phi) is 8.36. The van der Waals surface area contributed by atoms with Gasteiger partial charge in [-0.05, 0) is 69.2 Å². The molecule has 0 heterocycles. The minimum absolute atomic E-state index is 0.560. The molecular weight excluding hydrogens is 553 g/mol. The van der Waals surface area contributed by atoms with Crippen molar-refractivity contribution in [2.24, 2.45) is 0 Å². The van der Waals surface area contributed by atoms with E-state index in [-0.39, 0.29) is 0 Å². The molecule has 0 atom stereocenters. The third-order valence-corrected chi connectivity index (χ3v) is 7.69. The zero-order valence-electron chi connectivity index (χ0n) is 22.9. The SMILES string of the molecule is S=C(NCc1ccccc1)Nc1ccc2ccccc2c1-c1c(NC(=S)NCc2ccccc2)ccc2ccccc12. The molecule has 6 aromatic rings. The molecule has 0 aromatic heterocycles. The molecule has 0 saturated heterocycles. The lowest BCUT2D eigenvalue weighted by atomic mass is 9.91. The van der Waals surface area contributed by atoms with Gasteiger partial charge >= 0.3 is 0 Å². The summed E-state index contributed by atoms with van der Waals surface area (Å²) in [7, 11) is 0. The van der Waals surface area contributed by atoms with Crippen LogP contribution in [0, 0.1) is 0 Å². The summed E-state index contributed by atoms with van der Waals surface area (Å²) in [6.45, 7) is 1.27. The predicted octanol–water partition coefficient (Wildman–Crippen LogP) is 8.63. The molecule has 0 fully saturated rings. The molecule has 0 amide bonds. The highest BCUT2D eigenvalue weighted by Crippen LogP contribution is 2.43. The average Bonchev–Trinajstić information content (AvgIpc) is 3.04. The summed E-state index contributed by atoms with van der Waals surface area (Å²) in [5.41, 5.74) is 6.28. The number of nitrogens with one attached hydrogen (secondary N) is 4. The van der Waals surface area contributed by atoms with Crippen molar-refractivity contribution in [3.05, 3.63) is 145 Å². The van der Waals surface area contributed by atoms with Crippen molar-refractivity contribution in [3.8, 4) is 11.1 Å². The van der Waals surface area contributed by atoms with Gasteiger partial charge in [-0.25, -0.2) is 0 Å². The maximum atomic E-state index is 5.78. The highest BCUT2D eigenvalue weighted by Gasteiger charge is 2.18. The molecule has 4 N–H and O–H groups in total. The summed E-state index contributed by atoms with van der Waals surface area (Å²) in [6, 6.07) is 45.8. The van der Waals surface area contributed by atoms with Gasteiger partial charge in [-0.15, -0.1) is 0 Å². The van der Waals surface area contributed by atoms with E-state index >= 15 is 0 Å². The second-order valence-electron chi connectivity index (χ2n) is 10.0. The normalized spacial score (nSPS) is 10.8. The third kappa shape index (κ3) is 6.25. The van der Waals surface area contributed by atoms with E-state index in [1.807, 2.05) is 36.4 Å². The number of benzene rings is 6. The van der Waals surface area contributed by atoms with Crippen molar-refractivity contribution in [3.63, 3.8) is 0 Å². The Morgan fingerprint density at radius 2 is 0.810 bits per heavy atom. The fourth-order valence-electron chi connectivity index (χ4n) is 5.18. The van der Waals surface area contributed by atoms with Gasteiger partial charge in [0.15, 0.2) is 10.2 Å². The Labute approximate surface area is 256 Å². The topological polar surface area (TPSA) is 48.1 Å². The van der Waals surface area contributed by atoms with E-state index in [9.17, 15) is 0 Å².